The van der Waals surface area contributed by atoms with E-state index < -0.39 is 17.3 Å². The Morgan fingerprint density at radius 1 is 1.35 bits per heavy atom. The van der Waals surface area contributed by atoms with Crippen LogP contribution >= 0.6 is 11.6 Å². The highest BCUT2D eigenvalue weighted by atomic mass is 35.5. The molecule has 2 aromatic rings. The zero-order valence-corrected chi connectivity index (χ0v) is 14.0. The number of aromatic nitrogens is 2. The van der Waals surface area contributed by atoms with E-state index in [1.165, 1.54) is 12.1 Å². The minimum absolute atomic E-state index is 0.0848. The summed E-state index contributed by atoms with van der Waals surface area (Å²) in [4.78, 5) is 31.5. The number of carbonyl (C=O) groups is 1. The second kappa shape index (κ2) is 6.12. The minimum Gasteiger partial charge on any atom is -0.322 e. The first-order valence-corrected chi connectivity index (χ1v) is 7.35. The third-order valence-electron chi connectivity index (χ3n) is 3.22. The van der Waals surface area contributed by atoms with Crippen molar-refractivity contribution in [3.8, 4) is 0 Å². The van der Waals surface area contributed by atoms with Gasteiger partial charge in [-0.25, -0.2) is 9.37 Å². The Hall–Kier alpha value is -2.21. The maximum absolute atomic E-state index is 13.1. The number of halogens is 2. The van der Waals surface area contributed by atoms with Crippen LogP contribution in [0, 0.1) is 12.7 Å². The van der Waals surface area contributed by atoms with Crippen LogP contribution in [-0.2, 0) is 5.41 Å². The first-order valence-electron chi connectivity index (χ1n) is 6.97. The maximum Gasteiger partial charge on any atom is 0.264 e. The predicted molar refractivity (Wildman–Crippen MR) is 87.7 cm³/mol. The minimum atomic E-state index is -0.626. The van der Waals surface area contributed by atoms with Crippen molar-refractivity contribution in [3.63, 3.8) is 0 Å². The number of hydrogen-bond donors (Lipinski definition) is 2. The van der Waals surface area contributed by atoms with Crippen LogP contribution in [0.2, 0.25) is 5.02 Å². The Balaban J connectivity index is 2.36. The molecule has 122 valence electrons. The number of rotatable bonds is 2. The van der Waals surface area contributed by atoms with Crippen molar-refractivity contribution >= 4 is 23.2 Å². The quantitative estimate of drug-likeness (QED) is 0.881. The Kier molecular flexibility index (Phi) is 4.56. The zero-order valence-electron chi connectivity index (χ0n) is 13.3. The Morgan fingerprint density at radius 2 is 2.00 bits per heavy atom. The summed E-state index contributed by atoms with van der Waals surface area (Å²) in [7, 11) is 0. The van der Waals surface area contributed by atoms with Gasteiger partial charge in [-0.05, 0) is 25.1 Å². The normalized spacial score (nSPS) is 11.4. The molecule has 0 fully saturated rings. The van der Waals surface area contributed by atoms with Gasteiger partial charge >= 0.3 is 0 Å². The van der Waals surface area contributed by atoms with E-state index in [1.54, 1.807) is 6.92 Å². The van der Waals surface area contributed by atoms with E-state index in [4.69, 9.17) is 11.6 Å². The summed E-state index contributed by atoms with van der Waals surface area (Å²) in [6, 6.07) is 3.77. The number of H-pyrrole nitrogens is 1. The van der Waals surface area contributed by atoms with E-state index in [0.717, 1.165) is 6.07 Å². The molecule has 1 aromatic heterocycles. The van der Waals surface area contributed by atoms with Crippen molar-refractivity contribution in [2.75, 3.05) is 5.32 Å². The van der Waals surface area contributed by atoms with Gasteiger partial charge < -0.3 is 10.3 Å². The third-order valence-corrected chi connectivity index (χ3v) is 3.50. The monoisotopic (exact) mass is 337 g/mol. The number of amides is 1. The molecule has 2 N–H and O–H groups in total. The number of nitrogens with zero attached hydrogens (tertiary/aromatic N) is 1. The van der Waals surface area contributed by atoms with Crippen LogP contribution < -0.4 is 10.9 Å². The van der Waals surface area contributed by atoms with Crippen LogP contribution in [0.4, 0.5) is 10.1 Å². The molecule has 1 amide bonds. The second-order valence-electron chi connectivity index (χ2n) is 6.21. The summed E-state index contributed by atoms with van der Waals surface area (Å²) in [5, 5.41) is 2.40. The number of aromatic amines is 1. The van der Waals surface area contributed by atoms with E-state index in [9.17, 15) is 14.0 Å². The van der Waals surface area contributed by atoms with Crippen molar-refractivity contribution in [3.05, 3.63) is 56.5 Å². The Morgan fingerprint density at radius 3 is 2.52 bits per heavy atom. The molecule has 0 aliphatic rings. The highest BCUT2D eigenvalue weighted by Crippen LogP contribution is 2.20. The van der Waals surface area contributed by atoms with E-state index in [1.807, 2.05) is 20.8 Å². The van der Waals surface area contributed by atoms with Gasteiger partial charge in [-0.15, -0.1) is 0 Å². The molecule has 0 bridgehead atoms. The maximum atomic E-state index is 13.1. The van der Waals surface area contributed by atoms with Crippen LogP contribution in [0.25, 0.3) is 0 Å². The molecule has 0 radical (unpaired) electrons. The molecule has 0 aliphatic carbocycles. The van der Waals surface area contributed by atoms with Crippen molar-refractivity contribution in [1.82, 2.24) is 9.97 Å². The van der Waals surface area contributed by atoms with Crippen LogP contribution in [0.15, 0.2) is 23.0 Å². The van der Waals surface area contributed by atoms with E-state index in [0.29, 0.717) is 17.2 Å². The van der Waals surface area contributed by atoms with Gasteiger partial charge in [-0.1, -0.05) is 32.4 Å². The molecule has 1 heterocycles. The van der Waals surface area contributed by atoms with Gasteiger partial charge in [0.25, 0.3) is 11.5 Å². The van der Waals surface area contributed by atoms with E-state index in [2.05, 4.69) is 15.3 Å². The molecule has 0 saturated heterocycles. The average Bonchev–Trinajstić information content (AvgIpc) is 2.41. The van der Waals surface area contributed by atoms with Gasteiger partial charge in [-0.2, -0.15) is 0 Å². The van der Waals surface area contributed by atoms with Crippen LogP contribution in [0.5, 0.6) is 0 Å². The smallest absolute Gasteiger partial charge is 0.264 e. The fraction of sp³-hybridized carbons (Fsp3) is 0.312. The molecule has 0 atom stereocenters. The van der Waals surface area contributed by atoms with E-state index >= 15 is 0 Å². The summed E-state index contributed by atoms with van der Waals surface area (Å²) >= 11 is 5.67. The standard InChI is InChI=1S/C16H17ClFN3O2/c1-8-12(14(23)21-15(19-8)16(2,3)4)13(22)20-9-5-6-11(18)10(17)7-9/h5-7H,1-4H3,(H,20,22)(H,19,21,23). The largest absolute Gasteiger partial charge is 0.322 e. The predicted octanol–water partition coefficient (Wildman–Crippen LogP) is 3.42. The van der Waals surface area contributed by atoms with Gasteiger partial charge in [0.1, 0.15) is 17.2 Å². The summed E-state index contributed by atoms with van der Waals surface area (Å²) in [6.45, 7) is 7.32. The molecular formula is C16H17ClFN3O2. The summed E-state index contributed by atoms with van der Waals surface area (Å²) in [5.41, 5.74) is -0.334. The molecule has 0 unspecified atom stereocenters. The Bertz CT molecular complexity index is 825. The van der Waals surface area contributed by atoms with Crippen LogP contribution in [0.1, 0.15) is 42.6 Å². The first-order chi connectivity index (χ1) is 10.6. The van der Waals surface area contributed by atoms with Gasteiger partial charge in [-0.3, -0.25) is 9.59 Å². The molecule has 7 heteroatoms. The summed E-state index contributed by atoms with van der Waals surface area (Å²) in [6.07, 6.45) is 0. The molecule has 1 aromatic carbocycles. The molecule has 0 spiro atoms. The molecular weight excluding hydrogens is 321 g/mol. The highest BCUT2D eigenvalue weighted by Gasteiger charge is 2.22. The lowest BCUT2D eigenvalue weighted by Crippen LogP contribution is -2.30. The van der Waals surface area contributed by atoms with Crippen molar-refractivity contribution in [1.29, 1.82) is 0 Å². The van der Waals surface area contributed by atoms with Crippen molar-refractivity contribution < 1.29 is 9.18 Å². The number of aryl methyl sites for hydroxylation is 1. The number of hydrogen-bond acceptors (Lipinski definition) is 3. The van der Waals surface area contributed by atoms with Crippen LogP contribution in [0.3, 0.4) is 0 Å². The molecule has 5 nitrogen and oxygen atoms in total. The highest BCUT2D eigenvalue weighted by molar-refractivity contribution is 6.31. The fourth-order valence-electron chi connectivity index (χ4n) is 1.98. The van der Waals surface area contributed by atoms with Crippen molar-refractivity contribution in [2.45, 2.75) is 33.1 Å². The lowest BCUT2D eigenvalue weighted by molar-refractivity contribution is 0.102. The van der Waals surface area contributed by atoms with Crippen LogP contribution in [-0.4, -0.2) is 15.9 Å². The number of nitrogens with one attached hydrogen (secondary N) is 2. The second-order valence-corrected chi connectivity index (χ2v) is 6.62. The number of anilines is 1. The van der Waals surface area contributed by atoms with E-state index in [-0.39, 0.29) is 16.0 Å². The lowest BCUT2D eigenvalue weighted by Gasteiger charge is -2.18. The number of benzene rings is 1. The molecule has 0 aliphatic heterocycles. The molecule has 0 saturated carbocycles. The summed E-state index contributed by atoms with van der Waals surface area (Å²) in [5.74, 6) is -0.712. The SMILES string of the molecule is Cc1nc(C(C)(C)C)[nH]c(=O)c1C(=O)Nc1ccc(F)c(Cl)c1. The lowest BCUT2D eigenvalue weighted by atomic mass is 9.95. The summed E-state index contributed by atoms with van der Waals surface area (Å²) < 4.78 is 13.1. The van der Waals surface area contributed by atoms with Gasteiger partial charge in [0.05, 0.1) is 10.7 Å². The number of carbonyl (C=O) groups excluding carboxylic acids is 1. The first kappa shape index (κ1) is 17.1. The molecule has 2 rings (SSSR count). The zero-order chi connectivity index (χ0) is 17.4. The third kappa shape index (κ3) is 3.76. The fourth-order valence-corrected chi connectivity index (χ4v) is 2.16. The average molecular weight is 338 g/mol. The van der Waals surface area contributed by atoms with Gasteiger partial charge in [0.2, 0.25) is 0 Å². The van der Waals surface area contributed by atoms with Crippen molar-refractivity contribution in [2.24, 2.45) is 0 Å². The van der Waals surface area contributed by atoms with Gasteiger partial charge in [0, 0.05) is 11.1 Å². The van der Waals surface area contributed by atoms with Gasteiger partial charge in [0.15, 0.2) is 0 Å². The topological polar surface area (TPSA) is 74.8 Å². The molecule has 23 heavy (non-hydrogen) atoms. The Labute approximate surface area is 137 Å².